The number of hydrogen-bond donors (Lipinski definition) is 2. The van der Waals surface area contributed by atoms with Gasteiger partial charge in [0, 0.05) is 29.9 Å². The van der Waals surface area contributed by atoms with Crippen molar-refractivity contribution in [3.05, 3.63) is 30.3 Å². The highest BCUT2D eigenvalue weighted by Crippen LogP contribution is 2.40. The molecule has 0 saturated carbocycles. The lowest BCUT2D eigenvalue weighted by atomic mass is 10.2. The Morgan fingerprint density at radius 3 is 2.09 bits per heavy atom. The standard InChI is InChI=1S/C18H16ClN5O7S3/c1-9(25)20-15-6-11(7-16(21-10(2)26)17(15)31-33(3,27)28)22-23-18-13-8-12(34(19,29)30)4-5-14(13)24-32-18/h4-8H,1-3H3,(H,20,25)(H,21,26). The summed E-state index contributed by atoms with van der Waals surface area (Å²) in [7, 11) is -2.59. The molecule has 1 heterocycles. The Labute approximate surface area is 202 Å². The number of aromatic nitrogens is 1. The first-order valence-corrected chi connectivity index (χ1v) is 14.0. The molecule has 3 aromatic rings. The van der Waals surface area contributed by atoms with Gasteiger partial charge in [0.25, 0.3) is 9.05 Å². The van der Waals surface area contributed by atoms with Gasteiger partial charge in [0.1, 0.15) is 0 Å². The predicted molar refractivity (Wildman–Crippen MR) is 127 cm³/mol. The second kappa shape index (κ2) is 9.61. The minimum absolute atomic E-state index is 0.0807. The Balaban J connectivity index is 2.12. The third kappa shape index (κ3) is 6.47. The zero-order valence-corrected chi connectivity index (χ0v) is 20.9. The Morgan fingerprint density at radius 2 is 1.59 bits per heavy atom. The number of nitrogens with zero attached hydrogens (tertiary/aromatic N) is 3. The first-order valence-electron chi connectivity index (χ1n) is 9.11. The Hall–Kier alpha value is -3.14. The van der Waals surface area contributed by atoms with Crippen LogP contribution in [-0.4, -0.2) is 39.3 Å². The van der Waals surface area contributed by atoms with Crippen molar-refractivity contribution in [2.45, 2.75) is 18.7 Å². The molecule has 12 nitrogen and oxygen atoms in total. The van der Waals surface area contributed by atoms with Crippen LogP contribution in [0.2, 0.25) is 0 Å². The molecular formula is C18H16ClN5O7S3. The van der Waals surface area contributed by atoms with E-state index in [-0.39, 0.29) is 32.7 Å². The summed E-state index contributed by atoms with van der Waals surface area (Å²) in [5, 5.41) is 13.7. The van der Waals surface area contributed by atoms with Crippen LogP contribution in [0.3, 0.4) is 0 Å². The van der Waals surface area contributed by atoms with Crippen LogP contribution in [0.1, 0.15) is 13.8 Å². The summed E-state index contributed by atoms with van der Waals surface area (Å²) in [5.41, 5.74) is 0.416. The summed E-state index contributed by atoms with van der Waals surface area (Å²) in [5.74, 6) is -1.39. The first kappa shape index (κ1) is 25.5. The van der Waals surface area contributed by atoms with Crippen LogP contribution in [0.25, 0.3) is 10.9 Å². The van der Waals surface area contributed by atoms with Crippen LogP contribution in [0.4, 0.5) is 22.1 Å². The Kier molecular flexibility index (Phi) is 7.21. The van der Waals surface area contributed by atoms with E-state index >= 15 is 0 Å². The maximum atomic E-state index is 11.7. The van der Waals surface area contributed by atoms with Crippen molar-refractivity contribution in [2.24, 2.45) is 10.2 Å². The van der Waals surface area contributed by atoms with Gasteiger partial charge in [-0.3, -0.25) is 9.59 Å². The highest BCUT2D eigenvalue weighted by molar-refractivity contribution is 8.13. The fourth-order valence-electron chi connectivity index (χ4n) is 2.71. The number of azo groups is 1. The average Bonchev–Trinajstić information content (AvgIpc) is 3.09. The second-order valence-electron chi connectivity index (χ2n) is 6.82. The van der Waals surface area contributed by atoms with E-state index < -0.39 is 31.0 Å². The highest BCUT2D eigenvalue weighted by atomic mass is 35.7. The SMILES string of the molecule is CC(=O)Nc1cc(N=Nc2snc3ccc(S(=O)(=O)Cl)cc23)cc(NC(C)=O)c1OS(C)(=O)=O. The number of rotatable bonds is 7. The van der Waals surface area contributed by atoms with Crippen molar-refractivity contribution >= 4 is 86.2 Å². The van der Waals surface area contributed by atoms with Gasteiger partial charge >= 0.3 is 10.1 Å². The van der Waals surface area contributed by atoms with Gasteiger partial charge in [-0.25, -0.2) is 8.42 Å². The van der Waals surface area contributed by atoms with E-state index in [4.69, 9.17) is 14.9 Å². The topological polar surface area (TPSA) is 173 Å². The minimum atomic E-state index is -4.02. The molecule has 0 fully saturated rings. The average molecular weight is 546 g/mol. The molecule has 0 radical (unpaired) electrons. The molecular weight excluding hydrogens is 530 g/mol. The van der Waals surface area contributed by atoms with Crippen molar-refractivity contribution in [3.8, 4) is 5.75 Å². The molecule has 0 bridgehead atoms. The van der Waals surface area contributed by atoms with Crippen LogP contribution in [0.5, 0.6) is 5.75 Å². The molecule has 34 heavy (non-hydrogen) atoms. The number of nitrogens with one attached hydrogen (secondary N) is 2. The molecule has 1 aromatic heterocycles. The summed E-state index contributed by atoms with van der Waals surface area (Å²) in [4.78, 5) is 23.2. The molecule has 0 unspecified atom stereocenters. The number of carbonyl (C=O) groups is 2. The van der Waals surface area contributed by atoms with E-state index in [1.807, 2.05) is 0 Å². The molecule has 2 amide bonds. The highest BCUT2D eigenvalue weighted by Gasteiger charge is 2.19. The lowest BCUT2D eigenvalue weighted by Crippen LogP contribution is -2.14. The van der Waals surface area contributed by atoms with E-state index in [9.17, 15) is 26.4 Å². The molecule has 0 aliphatic rings. The number of amides is 2. The number of hydrogen-bond acceptors (Lipinski definition) is 11. The van der Waals surface area contributed by atoms with Crippen molar-refractivity contribution in [2.75, 3.05) is 16.9 Å². The molecule has 180 valence electrons. The van der Waals surface area contributed by atoms with Crippen molar-refractivity contribution < 1.29 is 30.6 Å². The number of anilines is 2. The zero-order valence-electron chi connectivity index (χ0n) is 17.7. The van der Waals surface area contributed by atoms with Gasteiger partial charge in [-0.05, 0) is 41.9 Å². The lowest BCUT2D eigenvalue weighted by Gasteiger charge is -2.15. The zero-order chi connectivity index (χ0) is 25.3. The van der Waals surface area contributed by atoms with Crippen molar-refractivity contribution in [1.82, 2.24) is 4.37 Å². The third-order valence-corrected chi connectivity index (χ3v) is 6.48. The van der Waals surface area contributed by atoms with E-state index in [1.54, 1.807) is 0 Å². The fraction of sp³-hybridized carbons (Fsp3) is 0.167. The molecule has 0 spiro atoms. The molecule has 0 saturated heterocycles. The molecule has 3 rings (SSSR count). The molecule has 2 N–H and O–H groups in total. The largest absolute Gasteiger partial charge is 0.378 e. The second-order valence-corrected chi connectivity index (χ2v) is 11.7. The number of benzene rings is 2. The number of halogens is 1. The Bertz CT molecular complexity index is 1510. The maximum absolute atomic E-state index is 11.7. The van der Waals surface area contributed by atoms with Crippen molar-refractivity contribution in [1.29, 1.82) is 0 Å². The molecule has 0 atom stereocenters. The number of fused-ring (bicyclic) bond motifs is 1. The fourth-order valence-corrected chi connectivity index (χ4v) is 4.65. The summed E-state index contributed by atoms with van der Waals surface area (Å²) >= 11 is 0.950. The van der Waals surface area contributed by atoms with Crippen LogP contribution < -0.4 is 14.8 Å². The first-order chi connectivity index (χ1) is 15.7. The van der Waals surface area contributed by atoms with Crippen LogP contribution in [0, 0.1) is 0 Å². The lowest BCUT2D eigenvalue weighted by molar-refractivity contribution is -0.115. The molecule has 16 heteroatoms. The quantitative estimate of drug-likeness (QED) is 0.255. The van der Waals surface area contributed by atoms with E-state index in [0.29, 0.717) is 10.9 Å². The summed E-state index contributed by atoms with van der Waals surface area (Å²) in [6.07, 6.45) is 0.805. The van der Waals surface area contributed by atoms with Gasteiger partial charge in [0.2, 0.25) is 11.8 Å². The van der Waals surface area contributed by atoms with Crippen LogP contribution >= 0.6 is 22.2 Å². The van der Waals surface area contributed by atoms with Gasteiger partial charge in [-0.15, -0.1) is 10.2 Å². The van der Waals surface area contributed by atoms with Gasteiger partial charge in [0.15, 0.2) is 10.8 Å². The monoisotopic (exact) mass is 545 g/mol. The van der Waals surface area contributed by atoms with Gasteiger partial charge in [-0.2, -0.15) is 12.8 Å². The minimum Gasteiger partial charge on any atom is -0.378 e. The van der Waals surface area contributed by atoms with E-state index in [0.717, 1.165) is 17.8 Å². The normalized spacial score (nSPS) is 12.1. The molecule has 0 aliphatic carbocycles. The van der Waals surface area contributed by atoms with Gasteiger partial charge in [-0.1, -0.05) is 0 Å². The van der Waals surface area contributed by atoms with E-state index in [2.05, 4.69) is 25.2 Å². The van der Waals surface area contributed by atoms with Gasteiger partial charge in [0.05, 0.1) is 33.7 Å². The predicted octanol–water partition coefficient (Wildman–Crippen LogP) is 3.89. The van der Waals surface area contributed by atoms with Gasteiger partial charge < -0.3 is 14.8 Å². The third-order valence-electron chi connectivity index (χ3n) is 3.90. The smallest absolute Gasteiger partial charge is 0.306 e. The van der Waals surface area contributed by atoms with Crippen LogP contribution in [-0.2, 0) is 28.8 Å². The number of carbonyl (C=O) groups excluding carboxylic acids is 2. The summed E-state index contributed by atoms with van der Waals surface area (Å²) in [6.45, 7) is 2.39. The van der Waals surface area contributed by atoms with Crippen LogP contribution in [0.15, 0.2) is 45.5 Å². The van der Waals surface area contributed by atoms with Crippen molar-refractivity contribution in [3.63, 3.8) is 0 Å². The molecule has 2 aromatic carbocycles. The maximum Gasteiger partial charge on any atom is 0.306 e. The summed E-state index contributed by atoms with van der Waals surface area (Å²) in [6, 6.07) is 6.67. The summed E-state index contributed by atoms with van der Waals surface area (Å²) < 4.78 is 55.9. The van der Waals surface area contributed by atoms with E-state index in [1.165, 1.54) is 44.2 Å². The Morgan fingerprint density at radius 1 is 1.00 bits per heavy atom. The molecule has 0 aliphatic heterocycles.